The second kappa shape index (κ2) is 5.16. The molecule has 2 unspecified atom stereocenters. The van der Waals surface area contributed by atoms with Crippen molar-refractivity contribution in [1.82, 2.24) is 0 Å². The topological polar surface area (TPSA) is 9.23 Å². The Labute approximate surface area is 87.2 Å². The Morgan fingerprint density at radius 1 is 1.50 bits per heavy atom. The summed E-state index contributed by atoms with van der Waals surface area (Å²) in [6.45, 7) is 8.97. The molecule has 0 saturated carbocycles. The van der Waals surface area contributed by atoms with Crippen molar-refractivity contribution >= 4 is 0 Å². The van der Waals surface area contributed by atoms with Gasteiger partial charge in [-0.05, 0) is 13.3 Å². The van der Waals surface area contributed by atoms with E-state index in [4.69, 9.17) is 4.74 Å². The van der Waals surface area contributed by atoms with Crippen LogP contribution in [0, 0.1) is 5.92 Å². The number of unbranched alkanes of at least 4 members (excludes halogenated alkanes) is 1. The SMILES string of the molecule is C=CC1C=CC=CC1(C)OCCCC. The van der Waals surface area contributed by atoms with Crippen LogP contribution in [0.2, 0.25) is 0 Å². The van der Waals surface area contributed by atoms with Gasteiger partial charge in [-0.1, -0.05) is 43.7 Å². The van der Waals surface area contributed by atoms with Crippen LogP contribution in [0.4, 0.5) is 0 Å². The molecular weight excluding hydrogens is 172 g/mol. The summed E-state index contributed by atoms with van der Waals surface area (Å²) in [6.07, 6.45) is 12.6. The first kappa shape index (κ1) is 11.3. The van der Waals surface area contributed by atoms with E-state index in [2.05, 4.69) is 38.7 Å². The summed E-state index contributed by atoms with van der Waals surface area (Å²) in [5.41, 5.74) is -0.189. The first-order valence-electron chi connectivity index (χ1n) is 5.35. The zero-order valence-electron chi connectivity index (χ0n) is 9.20. The van der Waals surface area contributed by atoms with Crippen molar-refractivity contribution < 1.29 is 4.74 Å². The highest BCUT2D eigenvalue weighted by atomic mass is 16.5. The first-order valence-corrected chi connectivity index (χ1v) is 5.35. The van der Waals surface area contributed by atoms with Crippen LogP contribution in [0.5, 0.6) is 0 Å². The Morgan fingerprint density at radius 2 is 2.29 bits per heavy atom. The third kappa shape index (κ3) is 2.58. The molecule has 1 rings (SSSR count). The minimum Gasteiger partial charge on any atom is -0.370 e. The highest BCUT2D eigenvalue weighted by Gasteiger charge is 2.29. The van der Waals surface area contributed by atoms with Gasteiger partial charge in [0.05, 0.1) is 5.60 Å². The lowest BCUT2D eigenvalue weighted by Gasteiger charge is -2.33. The summed E-state index contributed by atoms with van der Waals surface area (Å²) in [7, 11) is 0. The van der Waals surface area contributed by atoms with Gasteiger partial charge in [0.2, 0.25) is 0 Å². The smallest absolute Gasteiger partial charge is 0.0934 e. The maximum Gasteiger partial charge on any atom is 0.0934 e. The fraction of sp³-hybridized carbons (Fsp3) is 0.538. The van der Waals surface area contributed by atoms with Crippen molar-refractivity contribution in [3.8, 4) is 0 Å². The average Bonchev–Trinajstić information content (AvgIpc) is 2.19. The Morgan fingerprint density at radius 3 is 2.93 bits per heavy atom. The molecule has 0 amide bonds. The maximum atomic E-state index is 5.91. The minimum absolute atomic E-state index is 0.189. The molecule has 2 atom stereocenters. The van der Waals surface area contributed by atoms with E-state index in [1.807, 2.05) is 12.2 Å². The molecule has 0 aliphatic heterocycles. The van der Waals surface area contributed by atoms with E-state index < -0.39 is 0 Å². The molecule has 1 aliphatic rings. The van der Waals surface area contributed by atoms with Gasteiger partial charge < -0.3 is 4.74 Å². The van der Waals surface area contributed by atoms with Crippen molar-refractivity contribution in [2.45, 2.75) is 32.3 Å². The normalized spacial score (nSPS) is 30.6. The summed E-state index contributed by atoms with van der Waals surface area (Å²) in [6, 6.07) is 0. The average molecular weight is 192 g/mol. The monoisotopic (exact) mass is 192 g/mol. The zero-order chi connectivity index (χ0) is 10.4. The standard InChI is InChI=1S/C13H20O/c1-4-6-11-14-13(3)10-8-7-9-12(13)5-2/h5,7-10,12H,2,4,6,11H2,1,3H3. The van der Waals surface area contributed by atoms with E-state index >= 15 is 0 Å². The van der Waals surface area contributed by atoms with Crippen LogP contribution in [-0.2, 0) is 4.74 Å². The van der Waals surface area contributed by atoms with Crippen LogP contribution in [0.25, 0.3) is 0 Å². The van der Waals surface area contributed by atoms with Gasteiger partial charge in [-0.3, -0.25) is 0 Å². The summed E-state index contributed by atoms with van der Waals surface area (Å²) < 4.78 is 5.91. The lowest BCUT2D eigenvalue weighted by molar-refractivity contribution is -0.0145. The second-order valence-electron chi connectivity index (χ2n) is 3.89. The van der Waals surface area contributed by atoms with E-state index in [9.17, 15) is 0 Å². The van der Waals surface area contributed by atoms with Gasteiger partial charge in [0.1, 0.15) is 0 Å². The third-order valence-electron chi connectivity index (χ3n) is 2.68. The van der Waals surface area contributed by atoms with Gasteiger partial charge >= 0.3 is 0 Å². The molecule has 14 heavy (non-hydrogen) atoms. The van der Waals surface area contributed by atoms with Crippen molar-refractivity contribution in [3.63, 3.8) is 0 Å². The van der Waals surface area contributed by atoms with Gasteiger partial charge in [-0.2, -0.15) is 0 Å². The van der Waals surface area contributed by atoms with Crippen LogP contribution in [0.1, 0.15) is 26.7 Å². The fourth-order valence-corrected chi connectivity index (χ4v) is 1.63. The highest BCUT2D eigenvalue weighted by Crippen LogP contribution is 2.29. The minimum atomic E-state index is -0.189. The largest absolute Gasteiger partial charge is 0.370 e. The fourth-order valence-electron chi connectivity index (χ4n) is 1.63. The lowest BCUT2D eigenvalue weighted by Crippen LogP contribution is -2.35. The van der Waals surface area contributed by atoms with Crippen molar-refractivity contribution in [2.75, 3.05) is 6.61 Å². The predicted octanol–water partition coefficient (Wildman–Crippen LogP) is 3.49. The van der Waals surface area contributed by atoms with E-state index in [1.165, 1.54) is 6.42 Å². The molecule has 0 heterocycles. The van der Waals surface area contributed by atoms with E-state index in [-0.39, 0.29) is 5.60 Å². The number of ether oxygens (including phenoxy) is 1. The molecule has 0 N–H and O–H groups in total. The van der Waals surface area contributed by atoms with Gasteiger partial charge in [0.25, 0.3) is 0 Å². The van der Waals surface area contributed by atoms with Crippen molar-refractivity contribution in [2.24, 2.45) is 5.92 Å². The molecule has 1 heteroatoms. The molecule has 0 bridgehead atoms. The Kier molecular flexibility index (Phi) is 4.15. The summed E-state index contributed by atoms with van der Waals surface area (Å²) in [4.78, 5) is 0. The highest BCUT2D eigenvalue weighted by molar-refractivity contribution is 5.24. The summed E-state index contributed by atoms with van der Waals surface area (Å²) in [5, 5.41) is 0. The Bertz CT molecular complexity index is 240. The van der Waals surface area contributed by atoms with Crippen molar-refractivity contribution in [1.29, 1.82) is 0 Å². The first-order chi connectivity index (χ1) is 6.73. The molecule has 0 saturated heterocycles. The summed E-state index contributed by atoms with van der Waals surface area (Å²) >= 11 is 0. The number of rotatable bonds is 5. The van der Waals surface area contributed by atoms with Crippen LogP contribution in [-0.4, -0.2) is 12.2 Å². The maximum absolute atomic E-state index is 5.91. The number of allylic oxidation sites excluding steroid dienone is 2. The molecule has 0 aromatic rings. The zero-order valence-corrected chi connectivity index (χ0v) is 9.20. The lowest BCUT2D eigenvalue weighted by atomic mass is 9.85. The molecule has 0 aromatic heterocycles. The van der Waals surface area contributed by atoms with Crippen LogP contribution in [0.15, 0.2) is 37.0 Å². The van der Waals surface area contributed by atoms with Crippen molar-refractivity contribution in [3.05, 3.63) is 37.0 Å². The predicted molar refractivity (Wildman–Crippen MR) is 61.2 cm³/mol. The third-order valence-corrected chi connectivity index (χ3v) is 2.68. The molecular formula is C13H20O. The number of hydrogen-bond donors (Lipinski definition) is 0. The summed E-state index contributed by atoms with van der Waals surface area (Å²) in [5.74, 6) is 0.296. The van der Waals surface area contributed by atoms with Gasteiger partial charge in [0.15, 0.2) is 0 Å². The molecule has 1 aliphatic carbocycles. The molecule has 1 nitrogen and oxygen atoms in total. The number of hydrogen-bond acceptors (Lipinski definition) is 1. The van der Waals surface area contributed by atoms with Crippen LogP contribution in [0.3, 0.4) is 0 Å². The Hall–Kier alpha value is -0.820. The molecule has 0 aromatic carbocycles. The van der Waals surface area contributed by atoms with E-state index in [0.717, 1.165) is 13.0 Å². The van der Waals surface area contributed by atoms with Gasteiger partial charge in [-0.25, -0.2) is 0 Å². The van der Waals surface area contributed by atoms with Crippen LogP contribution >= 0.6 is 0 Å². The van der Waals surface area contributed by atoms with E-state index in [1.54, 1.807) is 0 Å². The molecule has 78 valence electrons. The Balaban J connectivity index is 2.56. The quantitative estimate of drug-likeness (QED) is 0.478. The molecule has 0 radical (unpaired) electrons. The molecule has 0 spiro atoms. The second-order valence-corrected chi connectivity index (χ2v) is 3.89. The van der Waals surface area contributed by atoms with Crippen LogP contribution < -0.4 is 0 Å². The molecule has 0 fully saturated rings. The van der Waals surface area contributed by atoms with Gasteiger partial charge in [0, 0.05) is 12.5 Å². The van der Waals surface area contributed by atoms with Gasteiger partial charge in [-0.15, -0.1) is 6.58 Å². The van der Waals surface area contributed by atoms with E-state index in [0.29, 0.717) is 5.92 Å².